The molecule has 90 valence electrons. The number of rotatable bonds is 0. The van der Waals surface area contributed by atoms with Crippen molar-refractivity contribution < 1.29 is 9.59 Å². The van der Waals surface area contributed by atoms with Crippen molar-refractivity contribution in [2.75, 3.05) is 0 Å². The van der Waals surface area contributed by atoms with Crippen molar-refractivity contribution in [3.63, 3.8) is 0 Å². The highest BCUT2D eigenvalue weighted by Gasteiger charge is 2.33. The zero-order valence-corrected chi connectivity index (χ0v) is 10.1. The van der Waals surface area contributed by atoms with Gasteiger partial charge in [-0.1, -0.05) is 6.92 Å². The van der Waals surface area contributed by atoms with Crippen LogP contribution in [0.3, 0.4) is 0 Å². The van der Waals surface area contributed by atoms with Crippen molar-refractivity contribution in [3.8, 4) is 0 Å². The molecular weight excluding hydrogens is 214 g/mol. The summed E-state index contributed by atoms with van der Waals surface area (Å²) in [7, 11) is 0. The smallest absolute Gasteiger partial charge is 0.163 e. The molecule has 0 spiro atoms. The minimum Gasteiger partial charge on any atom is -0.362 e. The Kier molecular flexibility index (Phi) is 2.42. The first kappa shape index (κ1) is 10.8. The van der Waals surface area contributed by atoms with Crippen LogP contribution in [0.1, 0.15) is 45.4 Å². The fourth-order valence-corrected chi connectivity index (χ4v) is 3.02. The molecule has 2 aliphatic carbocycles. The van der Waals surface area contributed by atoms with E-state index in [0.29, 0.717) is 12.8 Å². The average Bonchev–Trinajstić information content (AvgIpc) is 2.33. The topological polar surface area (TPSA) is 46.2 Å². The van der Waals surface area contributed by atoms with Gasteiger partial charge in [-0.2, -0.15) is 0 Å². The summed E-state index contributed by atoms with van der Waals surface area (Å²) in [5.41, 5.74) is 3.92. The Labute approximate surface area is 101 Å². The lowest BCUT2D eigenvalue weighted by molar-refractivity contribution is -0.119. The van der Waals surface area contributed by atoms with Crippen LogP contribution in [0.4, 0.5) is 0 Å². The maximum atomic E-state index is 12.1. The third-order valence-corrected chi connectivity index (χ3v) is 4.12. The van der Waals surface area contributed by atoms with E-state index in [9.17, 15) is 9.59 Å². The minimum absolute atomic E-state index is 0.122. The van der Waals surface area contributed by atoms with Gasteiger partial charge in [0.25, 0.3) is 0 Å². The van der Waals surface area contributed by atoms with Gasteiger partial charge in [0.05, 0.1) is 0 Å². The summed E-state index contributed by atoms with van der Waals surface area (Å²) in [6, 6.07) is 0. The average molecular weight is 231 g/mol. The summed E-state index contributed by atoms with van der Waals surface area (Å²) in [4.78, 5) is 24.0. The summed E-state index contributed by atoms with van der Waals surface area (Å²) in [6.45, 7) is 1.98. The number of dihydropyridines is 1. The lowest BCUT2D eigenvalue weighted by Gasteiger charge is -2.33. The fraction of sp³-hybridized carbons (Fsp3) is 0.571. The van der Waals surface area contributed by atoms with Crippen LogP contribution in [0.2, 0.25) is 0 Å². The third kappa shape index (κ3) is 1.65. The van der Waals surface area contributed by atoms with Gasteiger partial charge in [0.1, 0.15) is 0 Å². The number of nitrogens with one attached hydrogen (secondary N) is 1. The molecule has 1 N–H and O–H groups in total. The normalized spacial score (nSPS) is 28.9. The van der Waals surface area contributed by atoms with E-state index in [0.717, 1.165) is 48.2 Å². The van der Waals surface area contributed by atoms with Crippen LogP contribution in [0.5, 0.6) is 0 Å². The van der Waals surface area contributed by atoms with E-state index >= 15 is 0 Å². The highest BCUT2D eigenvalue weighted by Crippen LogP contribution is 2.36. The molecule has 0 saturated heterocycles. The van der Waals surface area contributed by atoms with Gasteiger partial charge in [0, 0.05) is 41.3 Å². The van der Waals surface area contributed by atoms with E-state index < -0.39 is 0 Å². The van der Waals surface area contributed by atoms with E-state index in [4.69, 9.17) is 0 Å². The first-order chi connectivity index (χ1) is 8.16. The third-order valence-electron chi connectivity index (χ3n) is 4.12. The van der Waals surface area contributed by atoms with E-state index in [-0.39, 0.29) is 17.5 Å². The van der Waals surface area contributed by atoms with Crippen LogP contribution in [0, 0.1) is 5.92 Å². The molecule has 0 amide bonds. The lowest BCUT2D eigenvalue weighted by atomic mass is 9.78. The summed E-state index contributed by atoms with van der Waals surface area (Å²) >= 11 is 0. The summed E-state index contributed by atoms with van der Waals surface area (Å²) in [6.07, 6.45) is 5.01. The quantitative estimate of drug-likeness (QED) is 0.695. The van der Waals surface area contributed by atoms with Gasteiger partial charge >= 0.3 is 0 Å². The van der Waals surface area contributed by atoms with Gasteiger partial charge in [0.2, 0.25) is 0 Å². The second-order valence-corrected chi connectivity index (χ2v) is 5.30. The first-order valence-electron chi connectivity index (χ1n) is 6.45. The largest absolute Gasteiger partial charge is 0.362 e. The molecule has 0 aromatic heterocycles. The lowest BCUT2D eigenvalue weighted by Crippen LogP contribution is -2.33. The second kappa shape index (κ2) is 3.83. The number of carbonyl (C=O) groups is 2. The summed E-state index contributed by atoms with van der Waals surface area (Å²) in [5, 5.41) is 3.36. The Balaban J connectivity index is 1.94. The van der Waals surface area contributed by atoms with Crippen molar-refractivity contribution in [2.45, 2.75) is 45.4 Å². The van der Waals surface area contributed by atoms with Gasteiger partial charge in [-0.05, 0) is 25.7 Å². The van der Waals surface area contributed by atoms with Crippen molar-refractivity contribution in [2.24, 2.45) is 5.92 Å². The number of carbonyl (C=O) groups excluding carboxylic acids is 2. The molecule has 0 radical (unpaired) electrons. The number of hydrogen-bond donors (Lipinski definition) is 1. The molecule has 3 nitrogen and oxygen atoms in total. The summed E-state index contributed by atoms with van der Waals surface area (Å²) in [5.74, 6) is 0.594. The maximum absolute atomic E-state index is 12.1. The van der Waals surface area contributed by atoms with Crippen LogP contribution in [-0.4, -0.2) is 11.6 Å². The van der Waals surface area contributed by atoms with Crippen molar-refractivity contribution in [1.82, 2.24) is 5.32 Å². The van der Waals surface area contributed by atoms with Crippen LogP contribution < -0.4 is 5.32 Å². The molecule has 0 fully saturated rings. The number of ketones is 2. The van der Waals surface area contributed by atoms with E-state index in [1.165, 1.54) is 0 Å². The Hall–Kier alpha value is -1.38. The van der Waals surface area contributed by atoms with Crippen LogP contribution in [0.15, 0.2) is 22.5 Å². The van der Waals surface area contributed by atoms with Gasteiger partial charge in [-0.3, -0.25) is 9.59 Å². The molecular formula is C14H17NO2. The fourth-order valence-electron chi connectivity index (χ4n) is 3.02. The molecule has 3 aliphatic rings. The van der Waals surface area contributed by atoms with Crippen molar-refractivity contribution in [1.29, 1.82) is 0 Å². The Morgan fingerprint density at radius 1 is 1.06 bits per heavy atom. The molecule has 1 heterocycles. The molecule has 1 atom stereocenters. The minimum atomic E-state index is 0.122. The van der Waals surface area contributed by atoms with E-state index in [1.54, 1.807) is 0 Å². The van der Waals surface area contributed by atoms with E-state index in [1.807, 2.05) is 6.92 Å². The monoisotopic (exact) mass is 231 g/mol. The molecule has 17 heavy (non-hydrogen) atoms. The standard InChI is InChI=1S/C14H17NO2/c1-8-5-6-12-10(14(8)17)7-9-11(15-12)3-2-4-13(9)16/h8,15H,2-7H2,1H3. The van der Waals surface area contributed by atoms with Gasteiger partial charge < -0.3 is 5.32 Å². The van der Waals surface area contributed by atoms with Crippen LogP contribution in [-0.2, 0) is 9.59 Å². The Morgan fingerprint density at radius 2 is 1.82 bits per heavy atom. The number of allylic oxidation sites excluding steroid dienone is 4. The first-order valence-corrected chi connectivity index (χ1v) is 6.45. The molecule has 0 saturated carbocycles. The predicted molar refractivity (Wildman–Crippen MR) is 64.1 cm³/mol. The Morgan fingerprint density at radius 3 is 2.65 bits per heavy atom. The highest BCUT2D eigenvalue weighted by molar-refractivity contribution is 6.04. The van der Waals surface area contributed by atoms with Gasteiger partial charge in [0.15, 0.2) is 11.6 Å². The second-order valence-electron chi connectivity index (χ2n) is 5.30. The van der Waals surface area contributed by atoms with Crippen molar-refractivity contribution >= 4 is 11.6 Å². The molecule has 3 heteroatoms. The van der Waals surface area contributed by atoms with Crippen LogP contribution >= 0.6 is 0 Å². The van der Waals surface area contributed by atoms with Crippen molar-refractivity contribution in [3.05, 3.63) is 22.5 Å². The molecule has 0 aromatic rings. The SMILES string of the molecule is CC1CCC2=C(CC3=C(CCCC3=O)N2)C1=O. The van der Waals surface area contributed by atoms with E-state index in [2.05, 4.69) is 5.32 Å². The predicted octanol–water partition coefficient (Wildman–Crippen LogP) is 2.24. The molecule has 3 rings (SSSR count). The number of hydrogen-bond acceptors (Lipinski definition) is 3. The molecule has 0 aromatic carbocycles. The summed E-state index contributed by atoms with van der Waals surface area (Å²) < 4.78 is 0. The number of Topliss-reactive ketones (excluding diaryl/α,β-unsaturated/α-hetero) is 2. The van der Waals surface area contributed by atoms with Gasteiger partial charge in [-0.25, -0.2) is 0 Å². The molecule has 1 aliphatic heterocycles. The van der Waals surface area contributed by atoms with Gasteiger partial charge in [-0.15, -0.1) is 0 Å². The zero-order chi connectivity index (χ0) is 12.0. The zero-order valence-electron chi connectivity index (χ0n) is 10.1. The van der Waals surface area contributed by atoms with Crippen LogP contribution in [0.25, 0.3) is 0 Å². The highest BCUT2D eigenvalue weighted by atomic mass is 16.1. The molecule has 0 bridgehead atoms. The molecule has 1 unspecified atom stereocenters. The maximum Gasteiger partial charge on any atom is 0.163 e. The Bertz CT molecular complexity index is 471.